The fourth-order valence-electron chi connectivity index (χ4n) is 2.82. The number of aliphatic carboxylic acids is 1. The van der Waals surface area contributed by atoms with Crippen LogP contribution >= 0.6 is 8.25 Å². The monoisotopic (exact) mass is 450 g/mol. The van der Waals surface area contributed by atoms with Crippen molar-refractivity contribution in [1.29, 1.82) is 0 Å². The van der Waals surface area contributed by atoms with Crippen molar-refractivity contribution in [1.82, 2.24) is 19.5 Å². The number of hydrogen-bond acceptors (Lipinski definition) is 12. The van der Waals surface area contributed by atoms with Gasteiger partial charge in [0.05, 0.1) is 27.2 Å². The zero-order valence-electron chi connectivity index (χ0n) is 15.6. The van der Waals surface area contributed by atoms with Crippen molar-refractivity contribution < 1.29 is 53.0 Å². The number of rotatable bonds is 9. The SMILES string of the molecule is COc1nc(OC)c2ncn([C@@H]3O[C@H](COC(O[PH](=O)O)C(=O)O)[C@@H](O)[C@H]3O)c2n1. The molecule has 166 valence electrons. The summed E-state index contributed by atoms with van der Waals surface area (Å²) < 4.78 is 36.9. The molecule has 30 heavy (non-hydrogen) atoms. The number of aliphatic hydroxyl groups is 2. The van der Waals surface area contributed by atoms with Gasteiger partial charge in [0.1, 0.15) is 18.3 Å². The van der Waals surface area contributed by atoms with Gasteiger partial charge in [0.25, 0.3) is 6.29 Å². The average Bonchev–Trinajstić information content (AvgIpc) is 3.25. The van der Waals surface area contributed by atoms with Gasteiger partial charge in [0, 0.05) is 0 Å². The van der Waals surface area contributed by atoms with Crippen LogP contribution in [0.2, 0.25) is 0 Å². The lowest BCUT2D eigenvalue weighted by atomic mass is 10.1. The third kappa shape index (κ3) is 4.37. The van der Waals surface area contributed by atoms with Crippen molar-refractivity contribution in [2.45, 2.75) is 30.8 Å². The van der Waals surface area contributed by atoms with Crippen LogP contribution in [-0.4, -0.2) is 91.1 Å². The van der Waals surface area contributed by atoms with E-state index in [1.807, 2.05) is 0 Å². The van der Waals surface area contributed by atoms with Crippen LogP contribution in [0.15, 0.2) is 6.33 Å². The Morgan fingerprint density at radius 3 is 2.63 bits per heavy atom. The van der Waals surface area contributed by atoms with Gasteiger partial charge in [-0.3, -0.25) is 13.7 Å². The highest BCUT2D eigenvalue weighted by Gasteiger charge is 2.45. The quantitative estimate of drug-likeness (QED) is 0.248. The van der Waals surface area contributed by atoms with Gasteiger partial charge < -0.3 is 39.2 Å². The topological polar surface area (TPSA) is 205 Å². The fourth-order valence-corrected chi connectivity index (χ4v) is 3.17. The summed E-state index contributed by atoms with van der Waals surface area (Å²) >= 11 is 0. The number of aromatic nitrogens is 4. The summed E-state index contributed by atoms with van der Waals surface area (Å²) in [5.74, 6) is -1.53. The molecule has 0 amide bonds. The number of fused-ring (bicyclic) bond motifs is 1. The van der Waals surface area contributed by atoms with Gasteiger partial charge in [-0.2, -0.15) is 9.97 Å². The second kappa shape index (κ2) is 9.18. The standard InChI is InChI=1S/C14H19N4O11P/c1-25-10-6-9(16-14(17-10)26-2)18(4-15-6)11-8(20)7(19)5(28-11)3-27-13(12(21)22)29-30(23)24/h4-5,7-8,11,13,19-20,30H,3H2,1-2H3,(H,21,22)(H,23,24)/t5-,7-,8-,11-,13?/m1/s1. The zero-order chi connectivity index (χ0) is 22.0. The molecular weight excluding hydrogens is 431 g/mol. The molecular formula is C14H19N4O11P. The van der Waals surface area contributed by atoms with Crippen LogP contribution in [0.1, 0.15) is 6.23 Å². The molecule has 4 N–H and O–H groups in total. The Bertz CT molecular complexity index is 940. The van der Waals surface area contributed by atoms with E-state index in [0.29, 0.717) is 0 Å². The number of nitrogens with zero attached hydrogens (tertiary/aromatic N) is 4. The number of carboxylic acids is 1. The molecule has 3 heterocycles. The van der Waals surface area contributed by atoms with E-state index in [9.17, 15) is 19.6 Å². The maximum atomic E-state index is 11.0. The Labute approximate surface area is 168 Å². The van der Waals surface area contributed by atoms with E-state index in [-0.39, 0.29) is 23.1 Å². The molecule has 1 fully saturated rings. The van der Waals surface area contributed by atoms with Crippen LogP contribution in [0.3, 0.4) is 0 Å². The zero-order valence-corrected chi connectivity index (χ0v) is 16.6. The minimum atomic E-state index is -3.59. The minimum absolute atomic E-state index is 0.0327. The summed E-state index contributed by atoms with van der Waals surface area (Å²) in [6, 6.07) is -0.0327. The van der Waals surface area contributed by atoms with Gasteiger partial charge in [0.2, 0.25) is 5.88 Å². The van der Waals surface area contributed by atoms with Crippen LogP contribution in [0.4, 0.5) is 0 Å². The van der Waals surface area contributed by atoms with Crippen molar-refractivity contribution in [2.75, 3.05) is 20.8 Å². The molecule has 0 spiro atoms. The molecule has 15 nitrogen and oxygen atoms in total. The van der Waals surface area contributed by atoms with Gasteiger partial charge in [-0.25, -0.2) is 9.78 Å². The lowest BCUT2D eigenvalue weighted by Crippen LogP contribution is -2.36. The average molecular weight is 450 g/mol. The molecule has 0 aliphatic carbocycles. The molecule has 3 rings (SSSR count). The summed E-state index contributed by atoms with van der Waals surface area (Å²) in [5, 5.41) is 29.6. The van der Waals surface area contributed by atoms with Gasteiger partial charge in [-0.15, -0.1) is 0 Å². The molecule has 6 atom stereocenters. The number of ether oxygens (including phenoxy) is 4. The summed E-state index contributed by atoms with van der Waals surface area (Å²) in [5.41, 5.74) is 0.429. The molecule has 0 radical (unpaired) electrons. The van der Waals surface area contributed by atoms with Crippen LogP contribution in [-0.2, 0) is 23.4 Å². The Kier molecular flexibility index (Phi) is 6.82. The van der Waals surface area contributed by atoms with E-state index in [1.165, 1.54) is 25.1 Å². The second-order valence-corrected chi connectivity index (χ2v) is 6.74. The maximum Gasteiger partial charge on any atom is 0.361 e. The molecule has 1 saturated heterocycles. The Morgan fingerprint density at radius 2 is 2.03 bits per heavy atom. The highest BCUT2D eigenvalue weighted by molar-refractivity contribution is 7.32. The number of carbonyl (C=O) groups is 1. The van der Waals surface area contributed by atoms with Crippen LogP contribution in [0.25, 0.3) is 11.2 Å². The van der Waals surface area contributed by atoms with Crippen LogP contribution < -0.4 is 9.47 Å². The number of aliphatic hydroxyl groups excluding tert-OH is 2. The van der Waals surface area contributed by atoms with Crippen LogP contribution in [0.5, 0.6) is 11.9 Å². The molecule has 16 heteroatoms. The Morgan fingerprint density at radius 1 is 1.30 bits per heavy atom. The van der Waals surface area contributed by atoms with E-state index >= 15 is 0 Å². The maximum absolute atomic E-state index is 11.0. The Hall–Kier alpha value is -2.39. The van der Waals surface area contributed by atoms with Gasteiger partial charge in [0.15, 0.2) is 17.4 Å². The smallest absolute Gasteiger partial charge is 0.361 e. The fraction of sp³-hybridized carbons (Fsp3) is 0.571. The molecule has 0 bridgehead atoms. The summed E-state index contributed by atoms with van der Waals surface area (Å²) in [6.07, 6.45) is -6.10. The largest absolute Gasteiger partial charge is 0.479 e. The van der Waals surface area contributed by atoms with Gasteiger partial charge in [-0.1, -0.05) is 0 Å². The first kappa shape index (κ1) is 22.3. The van der Waals surface area contributed by atoms with Crippen molar-refractivity contribution in [2.24, 2.45) is 0 Å². The molecule has 2 unspecified atom stereocenters. The summed E-state index contributed by atoms with van der Waals surface area (Å²) in [4.78, 5) is 32.0. The lowest BCUT2D eigenvalue weighted by Gasteiger charge is -2.18. The van der Waals surface area contributed by atoms with Crippen molar-refractivity contribution >= 4 is 25.4 Å². The highest BCUT2D eigenvalue weighted by Crippen LogP contribution is 2.34. The first-order valence-corrected chi connectivity index (χ1v) is 9.61. The Balaban J connectivity index is 1.81. The normalized spacial score (nSPS) is 25.9. The van der Waals surface area contributed by atoms with Gasteiger partial charge in [-0.05, 0) is 0 Å². The predicted octanol–water partition coefficient (Wildman–Crippen LogP) is -1.71. The molecule has 1 aliphatic rings. The second-order valence-electron chi connectivity index (χ2n) is 5.98. The van der Waals surface area contributed by atoms with E-state index < -0.39 is 51.7 Å². The van der Waals surface area contributed by atoms with Crippen LogP contribution in [0, 0.1) is 0 Å². The van der Waals surface area contributed by atoms with E-state index in [0.717, 1.165) is 0 Å². The first-order chi connectivity index (χ1) is 14.3. The van der Waals surface area contributed by atoms with Gasteiger partial charge >= 0.3 is 20.2 Å². The van der Waals surface area contributed by atoms with E-state index in [1.54, 1.807) is 0 Å². The number of methoxy groups -OCH3 is 2. The number of carboxylic acid groups (broad SMARTS) is 1. The molecule has 0 aromatic carbocycles. The number of hydrogen-bond donors (Lipinski definition) is 4. The van der Waals surface area contributed by atoms with Crippen molar-refractivity contribution in [3.63, 3.8) is 0 Å². The summed E-state index contributed by atoms with van der Waals surface area (Å²) in [6.45, 7) is -0.560. The minimum Gasteiger partial charge on any atom is -0.479 e. The first-order valence-electron chi connectivity index (χ1n) is 8.35. The van der Waals surface area contributed by atoms with E-state index in [2.05, 4.69) is 19.5 Å². The van der Waals surface area contributed by atoms with Crippen molar-refractivity contribution in [3.05, 3.63) is 6.33 Å². The predicted molar refractivity (Wildman–Crippen MR) is 94.0 cm³/mol. The highest BCUT2D eigenvalue weighted by atomic mass is 31.1. The summed E-state index contributed by atoms with van der Waals surface area (Å²) in [7, 11) is -0.865. The third-order valence-electron chi connectivity index (χ3n) is 4.18. The lowest BCUT2D eigenvalue weighted by molar-refractivity contribution is -0.179. The van der Waals surface area contributed by atoms with E-state index in [4.69, 9.17) is 28.9 Å². The van der Waals surface area contributed by atoms with Crippen molar-refractivity contribution in [3.8, 4) is 11.9 Å². The molecule has 0 saturated carbocycles. The third-order valence-corrected chi connectivity index (χ3v) is 4.59. The molecule has 2 aromatic rings. The molecule has 1 aliphatic heterocycles. The molecule has 2 aromatic heterocycles. The number of imidazole rings is 1.